The maximum atomic E-state index is 14.3. The van der Waals surface area contributed by atoms with Crippen molar-refractivity contribution in [3.8, 4) is 5.69 Å². The number of benzene rings is 1. The summed E-state index contributed by atoms with van der Waals surface area (Å²) in [7, 11) is 0. The second-order valence-electron chi connectivity index (χ2n) is 8.41. The number of likely N-dealkylation sites (tertiary alicyclic amines) is 1. The molecule has 0 bridgehead atoms. The average Bonchev–Trinajstić information content (AvgIpc) is 3.30. The summed E-state index contributed by atoms with van der Waals surface area (Å²) in [4.78, 5) is 15.1. The zero-order valence-corrected chi connectivity index (χ0v) is 17.4. The van der Waals surface area contributed by atoms with Crippen LogP contribution in [0.4, 0.5) is 4.39 Å². The molecular formula is C22H28ClFN4O. The Morgan fingerprint density at radius 3 is 2.62 bits per heavy atom. The molecule has 0 radical (unpaired) electrons. The Balaban J connectivity index is 0.00000205. The fourth-order valence-electron chi connectivity index (χ4n) is 4.52. The zero-order chi connectivity index (χ0) is 19.1. The minimum atomic E-state index is -0.304. The van der Waals surface area contributed by atoms with Crippen molar-refractivity contribution >= 4 is 18.3 Å². The lowest BCUT2D eigenvalue weighted by Gasteiger charge is -2.32. The Hall–Kier alpha value is -1.92. The quantitative estimate of drug-likeness (QED) is 0.808. The van der Waals surface area contributed by atoms with Crippen LogP contribution in [0, 0.1) is 11.7 Å². The SMILES string of the molecule is Cl.O=C(c1nn(-c2ccccc2F)c2c1CCC2)N1CCC(NCC2CC2)CC1. The summed E-state index contributed by atoms with van der Waals surface area (Å²) in [5.74, 6) is 0.583. The molecule has 0 spiro atoms. The molecule has 1 saturated carbocycles. The number of rotatable bonds is 5. The first-order valence-corrected chi connectivity index (χ1v) is 10.6. The van der Waals surface area contributed by atoms with Crippen molar-refractivity contribution in [2.45, 2.75) is 51.0 Å². The van der Waals surface area contributed by atoms with Crippen molar-refractivity contribution in [2.75, 3.05) is 19.6 Å². The highest BCUT2D eigenvalue weighted by Gasteiger charge is 2.32. The van der Waals surface area contributed by atoms with Gasteiger partial charge in [0.05, 0.1) is 0 Å². The van der Waals surface area contributed by atoms with Crippen LogP contribution in [0.25, 0.3) is 5.69 Å². The van der Waals surface area contributed by atoms with Gasteiger partial charge in [-0.05, 0) is 69.5 Å². The summed E-state index contributed by atoms with van der Waals surface area (Å²) in [5.41, 5.74) is 2.97. The highest BCUT2D eigenvalue weighted by atomic mass is 35.5. The number of halogens is 2. The first kappa shape index (κ1) is 20.4. The van der Waals surface area contributed by atoms with E-state index in [1.54, 1.807) is 16.8 Å². The van der Waals surface area contributed by atoms with Crippen LogP contribution in [0.5, 0.6) is 0 Å². The van der Waals surface area contributed by atoms with E-state index in [1.165, 1.54) is 18.9 Å². The van der Waals surface area contributed by atoms with Crippen molar-refractivity contribution in [1.82, 2.24) is 20.0 Å². The van der Waals surface area contributed by atoms with Crippen LogP contribution in [0.3, 0.4) is 0 Å². The molecule has 5 nitrogen and oxygen atoms in total. The number of carbonyl (C=O) groups excluding carboxylic acids is 1. The first-order chi connectivity index (χ1) is 13.7. The van der Waals surface area contributed by atoms with Crippen LogP contribution < -0.4 is 5.32 Å². The normalized spacial score (nSPS) is 19.1. The van der Waals surface area contributed by atoms with Gasteiger partial charge in [0.15, 0.2) is 5.69 Å². The minimum Gasteiger partial charge on any atom is -0.337 e. The van der Waals surface area contributed by atoms with Crippen LogP contribution in [-0.2, 0) is 12.8 Å². The summed E-state index contributed by atoms with van der Waals surface area (Å²) in [6, 6.07) is 7.18. The van der Waals surface area contributed by atoms with Gasteiger partial charge in [-0.25, -0.2) is 9.07 Å². The van der Waals surface area contributed by atoms with Crippen LogP contribution in [-0.4, -0.2) is 46.3 Å². The lowest BCUT2D eigenvalue weighted by molar-refractivity contribution is 0.0697. The number of amides is 1. The Bertz CT molecular complexity index is 887. The lowest BCUT2D eigenvalue weighted by atomic mass is 10.0. The number of carbonyl (C=O) groups is 1. The number of hydrogen-bond acceptors (Lipinski definition) is 3. The van der Waals surface area contributed by atoms with Gasteiger partial charge in [0, 0.05) is 30.4 Å². The summed E-state index contributed by atoms with van der Waals surface area (Å²) in [5, 5.41) is 8.25. The third-order valence-corrected chi connectivity index (χ3v) is 6.39. The maximum absolute atomic E-state index is 14.3. The molecule has 1 aromatic carbocycles. The van der Waals surface area contributed by atoms with E-state index >= 15 is 0 Å². The zero-order valence-electron chi connectivity index (χ0n) is 16.6. The van der Waals surface area contributed by atoms with E-state index in [0.717, 1.165) is 68.9 Å². The molecular weight excluding hydrogens is 391 g/mol. The standard InChI is InChI=1S/C22H27FN4O.ClH/c23-18-5-1-2-6-20(18)27-19-7-3-4-17(19)21(25-27)22(28)26-12-10-16(11-13-26)24-14-15-8-9-15;/h1-2,5-6,15-16,24H,3-4,7-14H2;1H. The molecule has 156 valence electrons. The van der Waals surface area contributed by atoms with E-state index in [4.69, 9.17) is 0 Å². The summed E-state index contributed by atoms with van der Waals surface area (Å²) >= 11 is 0. The maximum Gasteiger partial charge on any atom is 0.274 e. The van der Waals surface area contributed by atoms with Gasteiger partial charge in [-0.1, -0.05) is 12.1 Å². The largest absolute Gasteiger partial charge is 0.337 e. The smallest absolute Gasteiger partial charge is 0.274 e. The Labute approximate surface area is 177 Å². The van der Waals surface area contributed by atoms with Crippen molar-refractivity contribution < 1.29 is 9.18 Å². The third kappa shape index (κ3) is 4.05. The molecule has 3 aliphatic rings. The summed E-state index contributed by atoms with van der Waals surface area (Å²) < 4.78 is 16.0. The fourth-order valence-corrected chi connectivity index (χ4v) is 4.52. The van der Waals surface area contributed by atoms with Gasteiger partial charge in [0.2, 0.25) is 0 Å². The Morgan fingerprint density at radius 1 is 1.14 bits per heavy atom. The predicted molar refractivity (Wildman–Crippen MR) is 112 cm³/mol. The van der Waals surface area contributed by atoms with Gasteiger partial charge < -0.3 is 10.2 Å². The van der Waals surface area contributed by atoms with Crippen molar-refractivity contribution in [1.29, 1.82) is 0 Å². The van der Waals surface area contributed by atoms with Gasteiger partial charge in [0.25, 0.3) is 5.91 Å². The van der Waals surface area contributed by atoms with Crippen LogP contribution in [0.2, 0.25) is 0 Å². The molecule has 2 heterocycles. The van der Waals surface area contributed by atoms with Crippen molar-refractivity contribution in [3.05, 3.63) is 47.0 Å². The van der Waals surface area contributed by atoms with Crippen LogP contribution in [0.15, 0.2) is 24.3 Å². The van der Waals surface area contributed by atoms with Gasteiger partial charge >= 0.3 is 0 Å². The minimum absolute atomic E-state index is 0. The van der Waals surface area contributed by atoms with E-state index < -0.39 is 0 Å². The second kappa shape index (κ2) is 8.44. The Kier molecular flexibility index (Phi) is 5.93. The van der Waals surface area contributed by atoms with Gasteiger partial charge in [-0.2, -0.15) is 5.10 Å². The molecule has 7 heteroatoms. The van der Waals surface area contributed by atoms with Crippen molar-refractivity contribution in [2.24, 2.45) is 5.92 Å². The second-order valence-corrected chi connectivity index (χ2v) is 8.41. The number of piperidine rings is 1. The number of fused-ring (bicyclic) bond motifs is 1. The van der Waals surface area contributed by atoms with E-state index in [0.29, 0.717) is 17.4 Å². The molecule has 0 unspecified atom stereocenters. The molecule has 1 aromatic heterocycles. The molecule has 29 heavy (non-hydrogen) atoms. The molecule has 2 aliphatic carbocycles. The van der Waals surface area contributed by atoms with E-state index in [2.05, 4.69) is 10.4 Å². The van der Waals surface area contributed by atoms with Gasteiger partial charge in [0.1, 0.15) is 11.5 Å². The first-order valence-electron chi connectivity index (χ1n) is 10.6. The molecule has 5 rings (SSSR count). The van der Waals surface area contributed by atoms with E-state index in [9.17, 15) is 9.18 Å². The van der Waals surface area contributed by atoms with Crippen LogP contribution in [0.1, 0.15) is 53.8 Å². The van der Waals surface area contributed by atoms with Crippen LogP contribution >= 0.6 is 12.4 Å². The number of hydrogen-bond donors (Lipinski definition) is 1. The molecule has 2 aromatic rings. The highest BCUT2D eigenvalue weighted by Crippen LogP contribution is 2.30. The number of nitrogens with zero attached hydrogens (tertiary/aromatic N) is 3. The summed E-state index contributed by atoms with van der Waals surface area (Å²) in [6.45, 7) is 2.66. The van der Waals surface area contributed by atoms with E-state index in [1.807, 2.05) is 11.0 Å². The molecule has 1 amide bonds. The molecule has 1 saturated heterocycles. The lowest BCUT2D eigenvalue weighted by Crippen LogP contribution is -2.45. The number of para-hydroxylation sites is 1. The fraction of sp³-hybridized carbons (Fsp3) is 0.545. The highest BCUT2D eigenvalue weighted by molar-refractivity contribution is 5.94. The number of aromatic nitrogens is 2. The monoisotopic (exact) mass is 418 g/mol. The average molecular weight is 419 g/mol. The van der Waals surface area contributed by atoms with Gasteiger partial charge in [-0.15, -0.1) is 12.4 Å². The topological polar surface area (TPSA) is 50.2 Å². The third-order valence-electron chi connectivity index (χ3n) is 6.39. The summed E-state index contributed by atoms with van der Waals surface area (Å²) in [6.07, 6.45) is 7.40. The molecule has 1 N–H and O–H groups in total. The Morgan fingerprint density at radius 2 is 1.90 bits per heavy atom. The molecule has 0 atom stereocenters. The predicted octanol–water partition coefficient (Wildman–Crippen LogP) is 3.53. The van der Waals surface area contributed by atoms with E-state index in [-0.39, 0.29) is 24.1 Å². The van der Waals surface area contributed by atoms with Crippen molar-refractivity contribution in [3.63, 3.8) is 0 Å². The molecule has 2 fully saturated rings. The molecule has 1 aliphatic heterocycles. The number of nitrogens with one attached hydrogen (secondary N) is 1. The van der Waals surface area contributed by atoms with Gasteiger partial charge in [-0.3, -0.25) is 4.79 Å².